The fraction of sp³-hybridized carbons (Fsp3) is 0.400. The van der Waals surface area contributed by atoms with E-state index >= 15 is 0 Å². The molecule has 3 heteroatoms. The molecule has 2 rings (SSSR count). The van der Waals surface area contributed by atoms with Crippen LogP contribution in [0.4, 0.5) is 0 Å². The van der Waals surface area contributed by atoms with Crippen LogP contribution in [0.15, 0.2) is 34.9 Å². The molecule has 0 fully saturated rings. The van der Waals surface area contributed by atoms with Gasteiger partial charge in [-0.3, -0.25) is 0 Å². The second-order valence-corrected chi connectivity index (χ2v) is 5.51. The Morgan fingerprint density at radius 1 is 1.17 bits per heavy atom. The Hall–Kier alpha value is -1.61. The van der Waals surface area contributed by atoms with Crippen molar-refractivity contribution in [3.63, 3.8) is 0 Å². The largest absolute Gasteiger partial charge is 0.444 e. The quantitative estimate of drug-likeness (QED) is 0.902. The van der Waals surface area contributed by atoms with Crippen molar-refractivity contribution < 1.29 is 4.42 Å². The first-order valence-corrected chi connectivity index (χ1v) is 6.26. The molecule has 1 aromatic heterocycles. The molecule has 2 N–H and O–H groups in total. The van der Waals surface area contributed by atoms with Gasteiger partial charge >= 0.3 is 0 Å². The zero-order chi connectivity index (χ0) is 13.2. The Balaban J connectivity index is 2.23. The minimum absolute atomic E-state index is 0.167. The first-order valence-electron chi connectivity index (χ1n) is 6.26. The standard InChI is InChI=1S/C15H20N2O/c1-15(2,3)12-6-4-11(5-7-12)14-17-13(8-9-16)10-18-14/h4-7,10H,8-9,16H2,1-3H3. The summed E-state index contributed by atoms with van der Waals surface area (Å²) in [6.07, 6.45) is 2.43. The van der Waals surface area contributed by atoms with E-state index in [1.165, 1.54) is 5.56 Å². The van der Waals surface area contributed by atoms with E-state index in [1.807, 2.05) is 0 Å². The van der Waals surface area contributed by atoms with Crippen molar-refractivity contribution in [3.8, 4) is 11.5 Å². The lowest BCUT2D eigenvalue weighted by atomic mass is 9.87. The molecule has 0 bridgehead atoms. The van der Waals surface area contributed by atoms with E-state index in [0.717, 1.165) is 17.7 Å². The van der Waals surface area contributed by atoms with Crippen molar-refractivity contribution in [3.05, 3.63) is 41.8 Å². The topological polar surface area (TPSA) is 52.0 Å². The Kier molecular flexibility index (Phi) is 3.53. The van der Waals surface area contributed by atoms with Gasteiger partial charge in [-0.15, -0.1) is 0 Å². The minimum atomic E-state index is 0.167. The zero-order valence-corrected chi connectivity index (χ0v) is 11.2. The first-order chi connectivity index (χ1) is 8.50. The van der Waals surface area contributed by atoms with Crippen LogP contribution in [-0.2, 0) is 11.8 Å². The molecule has 0 saturated heterocycles. The number of nitrogens with two attached hydrogens (primary N) is 1. The van der Waals surface area contributed by atoms with Gasteiger partial charge in [-0.05, 0) is 29.7 Å². The monoisotopic (exact) mass is 244 g/mol. The van der Waals surface area contributed by atoms with Crippen LogP contribution in [0.5, 0.6) is 0 Å². The van der Waals surface area contributed by atoms with Crippen molar-refractivity contribution in [2.24, 2.45) is 5.73 Å². The van der Waals surface area contributed by atoms with Gasteiger partial charge in [-0.25, -0.2) is 4.98 Å². The summed E-state index contributed by atoms with van der Waals surface area (Å²) < 4.78 is 5.46. The van der Waals surface area contributed by atoms with E-state index in [1.54, 1.807) is 6.26 Å². The fourth-order valence-corrected chi connectivity index (χ4v) is 1.82. The summed E-state index contributed by atoms with van der Waals surface area (Å²) in [6.45, 7) is 7.19. The third kappa shape index (κ3) is 2.79. The number of hydrogen-bond acceptors (Lipinski definition) is 3. The summed E-state index contributed by atoms with van der Waals surface area (Å²) >= 11 is 0. The van der Waals surface area contributed by atoms with Crippen LogP contribution in [0.2, 0.25) is 0 Å². The van der Waals surface area contributed by atoms with Crippen LogP contribution in [0, 0.1) is 0 Å². The summed E-state index contributed by atoms with van der Waals surface area (Å²) in [5, 5.41) is 0. The lowest BCUT2D eigenvalue weighted by molar-refractivity contribution is 0.571. The van der Waals surface area contributed by atoms with Gasteiger partial charge < -0.3 is 10.2 Å². The van der Waals surface area contributed by atoms with Crippen LogP contribution in [0.25, 0.3) is 11.5 Å². The molecular weight excluding hydrogens is 224 g/mol. The highest BCUT2D eigenvalue weighted by atomic mass is 16.3. The fourth-order valence-electron chi connectivity index (χ4n) is 1.82. The molecule has 1 aromatic carbocycles. The second-order valence-electron chi connectivity index (χ2n) is 5.51. The van der Waals surface area contributed by atoms with E-state index in [9.17, 15) is 0 Å². The van der Waals surface area contributed by atoms with Gasteiger partial charge in [0.1, 0.15) is 6.26 Å². The zero-order valence-electron chi connectivity index (χ0n) is 11.2. The van der Waals surface area contributed by atoms with Crippen molar-refractivity contribution in [1.82, 2.24) is 4.98 Å². The summed E-state index contributed by atoms with van der Waals surface area (Å²) in [4.78, 5) is 4.42. The van der Waals surface area contributed by atoms with E-state index < -0.39 is 0 Å². The summed E-state index contributed by atoms with van der Waals surface area (Å²) in [7, 11) is 0. The lowest BCUT2D eigenvalue weighted by Gasteiger charge is -2.18. The van der Waals surface area contributed by atoms with Gasteiger partial charge in [0.2, 0.25) is 5.89 Å². The molecule has 0 saturated carbocycles. The second kappa shape index (κ2) is 4.94. The Morgan fingerprint density at radius 3 is 2.39 bits per heavy atom. The predicted octanol–water partition coefficient (Wildman–Crippen LogP) is 3.14. The molecule has 0 amide bonds. The van der Waals surface area contributed by atoms with Crippen LogP contribution < -0.4 is 5.73 Å². The normalized spacial score (nSPS) is 11.8. The van der Waals surface area contributed by atoms with E-state index in [2.05, 4.69) is 50.0 Å². The van der Waals surface area contributed by atoms with Crippen LogP contribution in [0.3, 0.4) is 0 Å². The summed E-state index contributed by atoms with van der Waals surface area (Å²) in [5.41, 5.74) is 8.88. The smallest absolute Gasteiger partial charge is 0.226 e. The van der Waals surface area contributed by atoms with E-state index in [-0.39, 0.29) is 5.41 Å². The maximum Gasteiger partial charge on any atom is 0.226 e. The van der Waals surface area contributed by atoms with Gasteiger partial charge in [0.15, 0.2) is 0 Å². The molecule has 0 aliphatic carbocycles. The van der Waals surface area contributed by atoms with Crippen molar-refractivity contribution in [2.75, 3.05) is 6.54 Å². The predicted molar refractivity (Wildman–Crippen MR) is 73.4 cm³/mol. The molecule has 3 nitrogen and oxygen atoms in total. The highest BCUT2D eigenvalue weighted by Gasteiger charge is 2.14. The molecule has 0 spiro atoms. The highest BCUT2D eigenvalue weighted by molar-refractivity contribution is 5.54. The Labute approximate surface area is 108 Å². The minimum Gasteiger partial charge on any atom is -0.444 e. The van der Waals surface area contributed by atoms with Crippen LogP contribution in [-0.4, -0.2) is 11.5 Å². The molecular formula is C15H20N2O. The van der Waals surface area contributed by atoms with Gasteiger partial charge in [0.05, 0.1) is 5.69 Å². The van der Waals surface area contributed by atoms with Crippen molar-refractivity contribution in [2.45, 2.75) is 32.6 Å². The highest BCUT2D eigenvalue weighted by Crippen LogP contribution is 2.25. The summed E-state index contributed by atoms with van der Waals surface area (Å²) in [6, 6.07) is 8.36. The van der Waals surface area contributed by atoms with Gasteiger partial charge in [0.25, 0.3) is 0 Å². The molecule has 2 aromatic rings. The maximum absolute atomic E-state index is 5.49. The lowest BCUT2D eigenvalue weighted by Crippen LogP contribution is -2.10. The third-order valence-electron chi connectivity index (χ3n) is 2.95. The van der Waals surface area contributed by atoms with Gasteiger partial charge in [0, 0.05) is 12.0 Å². The summed E-state index contributed by atoms with van der Waals surface area (Å²) in [5.74, 6) is 0.666. The van der Waals surface area contributed by atoms with Crippen molar-refractivity contribution in [1.29, 1.82) is 0 Å². The number of aromatic nitrogens is 1. The molecule has 0 aliphatic heterocycles. The van der Waals surface area contributed by atoms with Gasteiger partial charge in [-0.2, -0.15) is 0 Å². The van der Waals surface area contributed by atoms with E-state index in [0.29, 0.717) is 12.4 Å². The number of oxazole rings is 1. The maximum atomic E-state index is 5.49. The average Bonchev–Trinajstić information content (AvgIpc) is 2.77. The number of benzene rings is 1. The Bertz CT molecular complexity index is 506. The number of nitrogens with zero attached hydrogens (tertiary/aromatic N) is 1. The average molecular weight is 244 g/mol. The number of hydrogen-bond donors (Lipinski definition) is 1. The SMILES string of the molecule is CC(C)(C)c1ccc(-c2nc(CCN)co2)cc1. The molecule has 96 valence electrons. The Morgan fingerprint density at radius 2 is 1.83 bits per heavy atom. The number of rotatable bonds is 3. The first kappa shape index (κ1) is 12.8. The molecule has 18 heavy (non-hydrogen) atoms. The van der Waals surface area contributed by atoms with Crippen LogP contribution in [0.1, 0.15) is 32.0 Å². The third-order valence-corrected chi connectivity index (χ3v) is 2.95. The van der Waals surface area contributed by atoms with Crippen LogP contribution >= 0.6 is 0 Å². The molecule has 0 unspecified atom stereocenters. The molecule has 1 heterocycles. The van der Waals surface area contributed by atoms with E-state index in [4.69, 9.17) is 10.2 Å². The molecule has 0 aliphatic rings. The van der Waals surface area contributed by atoms with Gasteiger partial charge in [-0.1, -0.05) is 32.9 Å². The van der Waals surface area contributed by atoms with Crippen molar-refractivity contribution >= 4 is 0 Å². The molecule has 0 radical (unpaired) electrons. The molecule has 0 atom stereocenters.